The second-order valence-electron chi connectivity index (χ2n) is 5.05. The van der Waals surface area contributed by atoms with E-state index in [0.29, 0.717) is 0 Å². The summed E-state index contributed by atoms with van der Waals surface area (Å²) in [6.45, 7) is 16.8. The van der Waals surface area contributed by atoms with Crippen molar-refractivity contribution in [1.29, 1.82) is 0 Å². The van der Waals surface area contributed by atoms with Crippen LogP contribution in [0.2, 0.25) is 0 Å². The molecule has 1 aliphatic rings. The minimum absolute atomic E-state index is 0. The molecular formula is C22H30. The number of rotatable bonds is 3. The predicted molar refractivity (Wildman–Crippen MR) is 102 cm³/mol. The lowest BCUT2D eigenvalue weighted by Gasteiger charge is -2.35. The van der Waals surface area contributed by atoms with Crippen LogP contribution in [-0.2, 0) is 5.41 Å². The van der Waals surface area contributed by atoms with Crippen LogP contribution in [0.3, 0.4) is 0 Å². The fourth-order valence-electron chi connectivity index (χ4n) is 3.23. The Hall–Kier alpha value is -2.08. The van der Waals surface area contributed by atoms with Crippen molar-refractivity contribution in [3.05, 3.63) is 96.7 Å². The predicted octanol–water partition coefficient (Wildman–Crippen LogP) is 6.79. The molecule has 1 aromatic rings. The molecular weight excluding hydrogens is 264 g/mol. The maximum absolute atomic E-state index is 4.36. The van der Waals surface area contributed by atoms with Crippen molar-refractivity contribution in [1.82, 2.24) is 0 Å². The molecule has 0 aromatic heterocycles. The van der Waals surface area contributed by atoms with Gasteiger partial charge in [-0.25, -0.2) is 0 Å². The highest BCUT2D eigenvalue weighted by Crippen LogP contribution is 2.50. The Morgan fingerprint density at radius 2 is 1.73 bits per heavy atom. The van der Waals surface area contributed by atoms with Crippen molar-refractivity contribution >= 4 is 0 Å². The Kier molecular flexibility index (Phi) is 8.19. The Morgan fingerprint density at radius 3 is 2.23 bits per heavy atom. The van der Waals surface area contributed by atoms with Gasteiger partial charge in [0.15, 0.2) is 0 Å². The van der Waals surface area contributed by atoms with Gasteiger partial charge in [-0.05, 0) is 38.3 Å². The molecule has 0 bridgehead atoms. The van der Waals surface area contributed by atoms with E-state index in [2.05, 4.69) is 88.2 Å². The second-order valence-corrected chi connectivity index (χ2v) is 5.05. The molecule has 1 atom stereocenters. The SMILES string of the molecule is C.C=C.C=C(/C=C\C)C1(c2ccccc2)C(C)=CC/C1=C\C. The molecule has 0 fully saturated rings. The van der Waals surface area contributed by atoms with E-state index in [9.17, 15) is 0 Å². The quantitative estimate of drug-likeness (QED) is 0.425. The first kappa shape index (κ1) is 19.9. The maximum Gasteiger partial charge on any atom is 0.0615 e. The Labute approximate surface area is 137 Å². The van der Waals surface area contributed by atoms with E-state index in [1.807, 2.05) is 6.92 Å². The molecule has 0 aliphatic heterocycles. The van der Waals surface area contributed by atoms with E-state index in [1.54, 1.807) is 0 Å². The molecule has 0 N–H and O–H groups in total. The molecule has 0 saturated carbocycles. The van der Waals surface area contributed by atoms with Gasteiger partial charge in [-0.3, -0.25) is 0 Å². The van der Waals surface area contributed by atoms with E-state index in [1.165, 1.54) is 16.7 Å². The molecule has 0 heterocycles. The molecule has 2 rings (SSSR count). The van der Waals surface area contributed by atoms with Crippen molar-refractivity contribution in [3.8, 4) is 0 Å². The third-order valence-corrected chi connectivity index (χ3v) is 4.11. The van der Waals surface area contributed by atoms with Gasteiger partial charge in [0.25, 0.3) is 0 Å². The van der Waals surface area contributed by atoms with E-state index in [0.717, 1.165) is 12.0 Å². The number of benzene rings is 1. The normalized spacial score (nSPS) is 21.8. The fraction of sp³-hybridized carbons (Fsp3) is 0.273. The summed E-state index contributed by atoms with van der Waals surface area (Å²) in [7, 11) is 0. The lowest BCUT2D eigenvalue weighted by atomic mass is 9.67. The van der Waals surface area contributed by atoms with Gasteiger partial charge in [-0.2, -0.15) is 0 Å². The van der Waals surface area contributed by atoms with Gasteiger partial charge in [0, 0.05) is 0 Å². The van der Waals surface area contributed by atoms with E-state index in [4.69, 9.17) is 0 Å². The van der Waals surface area contributed by atoms with Gasteiger partial charge in [-0.15, -0.1) is 13.2 Å². The Balaban J connectivity index is 0.00000141. The zero-order chi connectivity index (χ0) is 15.9. The first-order chi connectivity index (χ1) is 10.2. The maximum atomic E-state index is 4.36. The monoisotopic (exact) mass is 294 g/mol. The molecule has 1 aliphatic carbocycles. The van der Waals surface area contributed by atoms with Gasteiger partial charge < -0.3 is 0 Å². The van der Waals surface area contributed by atoms with Gasteiger partial charge in [0.1, 0.15) is 0 Å². The van der Waals surface area contributed by atoms with Crippen LogP contribution in [0.5, 0.6) is 0 Å². The van der Waals surface area contributed by atoms with Gasteiger partial charge in [-0.1, -0.05) is 79.8 Å². The zero-order valence-electron chi connectivity index (χ0n) is 13.5. The van der Waals surface area contributed by atoms with Crippen LogP contribution >= 0.6 is 0 Å². The first-order valence-electron chi connectivity index (χ1n) is 7.38. The lowest BCUT2D eigenvalue weighted by molar-refractivity contribution is 0.725. The molecule has 0 nitrogen and oxygen atoms in total. The fourth-order valence-corrected chi connectivity index (χ4v) is 3.23. The summed E-state index contributed by atoms with van der Waals surface area (Å²) in [6, 6.07) is 10.7. The topological polar surface area (TPSA) is 0 Å². The molecule has 0 spiro atoms. The first-order valence-corrected chi connectivity index (χ1v) is 7.38. The Bertz CT molecular complexity index is 569. The summed E-state index contributed by atoms with van der Waals surface area (Å²) in [5.41, 5.74) is 5.15. The zero-order valence-corrected chi connectivity index (χ0v) is 13.5. The van der Waals surface area contributed by atoms with E-state index >= 15 is 0 Å². The highest BCUT2D eigenvalue weighted by atomic mass is 14.4. The van der Waals surface area contributed by atoms with Crippen LogP contribution in [0.1, 0.15) is 40.2 Å². The summed E-state index contributed by atoms with van der Waals surface area (Å²) < 4.78 is 0. The highest BCUT2D eigenvalue weighted by Gasteiger charge is 2.41. The minimum atomic E-state index is -0.136. The number of allylic oxidation sites excluding steroid dienone is 7. The second kappa shape index (κ2) is 9.04. The van der Waals surface area contributed by atoms with Crippen LogP contribution in [-0.4, -0.2) is 0 Å². The largest absolute Gasteiger partial charge is 0.106 e. The van der Waals surface area contributed by atoms with Crippen LogP contribution in [0.4, 0.5) is 0 Å². The average Bonchev–Trinajstić information content (AvgIpc) is 2.88. The molecule has 1 aromatic carbocycles. The molecule has 0 saturated heterocycles. The number of hydrogen-bond acceptors (Lipinski definition) is 0. The summed E-state index contributed by atoms with van der Waals surface area (Å²) in [4.78, 5) is 0. The standard InChI is InChI=1S/C19H22.C2H4.CH4/c1-5-10-15(3)19(18-11-8-7-9-12-18)16(4)13-14-17(19)6-2;1-2;/h5-13H,3,14H2,1-2,4H3;1-2H2;1H4/b10-5-,17-6+;;. The smallest absolute Gasteiger partial charge is 0.0615 e. The third-order valence-electron chi connectivity index (χ3n) is 4.11. The number of hydrogen-bond donors (Lipinski definition) is 0. The van der Waals surface area contributed by atoms with Gasteiger partial charge in [0.2, 0.25) is 0 Å². The summed E-state index contributed by atoms with van der Waals surface area (Å²) in [5, 5.41) is 0. The molecule has 22 heavy (non-hydrogen) atoms. The average molecular weight is 294 g/mol. The van der Waals surface area contributed by atoms with Crippen molar-refractivity contribution in [2.24, 2.45) is 0 Å². The van der Waals surface area contributed by atoms with Crippen LogP contribution in [0, 0.1) is 0 Å². The lowest BCUT2D eigenvalue weighted by Crippen LogP contribution is -2.28. The van der Waals surface area contributed by atoms with Crippen molar-refractivity contribution in [2.45, 2.75) is 40.0 Å². The van der Waals surface area contributed by atoms with Crippen LogP contribution < -0.4 is 0 Å². The Morgan fingerprint density at radius 1 is 1.14 bits per heavy atom. The molecule has 0 amide bonds. The highest BCUT2D eigenvalue weighted by molar-refractivity contribution is 5.61. The van der Waals surface area contributed by atoms with Crippen LogP contribution in [0.15, 0.2) is 91.1 Å². The molecule has 0 radical (unpaired) electrons. The van der Waals surface area contributed by atoms with Gasteiger partial charge >= 0.3 is 0 Å². The van der Waals surface area contributed by atoms with E-state index in [-0.39, 0.29) is 12.8 Å². The summed E-state index contributed by atoms with van der Waals surface area (Å²) >= 11 is 0. The molecule has 1 unspecified atom stereocenters. The van der Waals surface area contributed by atoms with Crippen molar-refractivity contribution in [3.63, 3.8) is 0 Å². The van der Waals surface area contributed by atoms with Gasteiger partial charge in [0.05, 0.1) is 5.41 Å². The summed E-state index contributed by atoms with van der Waals surface area (Å²) in [6.07, 6.45) is 9.81. The summed E-state index contributed by atoms with van der Waals surface area (Å²) in [5.74, 6) is 0. The third kappa shape index (κ3) is 3.22. The van der Waals surface area contributed by atoms with Crippen molar-refractivity contribution < 1.29 is 0 Å². The van der Waals surface area contributed by atoms with E-state index < -0.39 is 0 Å². The minimum Gasteiger partial charge on any atom is -0.106 e. The molecule has 118 valence electrons. The van der Waals surface area contributed by atoms with Crippen molar-refractivity contribution in [2.75, 3.05) is 0 Å². The molecule has 0 heteroatoms. The van der Waals surface area contributed by atoms with Crippen LogP contribution in [0.25, 0.3) is 0 Å².